The summed E-state index contributed by atoms with van der Waals surface area (Å²) in [5.74, 6) is 0.639. The number of carbonyl (C=O) groups is 1. The van der Waals surface area contributed by atoms with E-state index in [-0.39, 0.29) is 5.97 Å². The van der Waals surface area contributed by atoms with Crippen molar-refractivity contribution in [1.82, 2.24) is 4.98 Å². The van der Waals surface area contributed by atoms with E-state index in [0.29, 0.717) is 11.8 Å². The van der Waals surface area contributed by atoms with Gasteiger partial charge in [-0.05, 0) is 43.7 Å². The van der Waals surface area contributed by atoms with Gasteiger partial charge in [-0.2, -0.15) is 0 Å². The fourth-order valence-corrected chi connectivity index (χ4v) is 4.00. The quantitative estimate of drug-likeness (QED) is 0.622. The molecule has 0 fully saturated rings. The van der Waals surface area contributed by atoms with Gasteiger partial charge in [0, 0.05) is 6.07 Å². The van der Waals surface area contributed by atoms with E-state index < -0.39 is 5.41 Å². The summed E-state index contributed by atoms with van der Waals surface area (Å²) in [5, 5.41) is 0. The molecule has 4 heteroatoms. The number of hydrogen-bond acceptors (Lipinski definition) is 4. The van der Waals surface area contributed by atoms with Crippen LogP contribution in [-0.4, -0.2) is 25.2 Å². The van der Waals surface area contributed by atoms with E-state index in [4.69, 9.17) is 9.47 Å². The second-order valence-corrected chi connectivity index (χ2v) is 5.99. The molecule has 2 aliphatic rings. The van der Waals surface area contributed by atoms with Crippen molar-refractivity contribution >= 4 is 5.97 Å². The number of methoxy groups -OCH3 is 2. The zero-order valence-electron chi connectivity index (χ0n) is 13.5. The molecule has 2 bridgehead atoms. The lowest BCUT2D eigenvalue weighted by atomic mass is 9.59. The van der Waals surface area contributed by atoms with Crippen LogP contribution in [-0.2, 0) is 21.4 Å². The second kappa shape index (κ2) is 5.27. The van der Waals surface area contributed by atoms with Crippen LogP contribution < -0.4 is 4.74 Å². The Morgan fingerprint density at radius 3 is 2.77 bits per heavy atom. The summed E-state index contributed by atoms with van der Waals surface area (Å²) in [7, 11) is 3.05. The van der Waals surface area contributed by atoms with Crippen molar-refractivity contribution in [3.05, 3.63) is 46.7 Å². The van der Waals surface area contributed by atoms with E-state index in [1.807, 2.05) is 19.1 Å². The summed E-state index contributed by atoms with van der Waals surface area (Å²) in [6.45, 7) is 4.08. The normalized spacial score (nSPS) is 27.9. The number of allylic oxidation sites excluding steroid dienone is 2. The Kier molecular flexibility index (Phi) is 3.55. The van der Waals surface area contributed by atoms with Gasteiger partial charge in [0.15, 0.2) is 0 Å². The van der Waals surface area contributed by atoms with Gasteiger partial charge in [-0.25, -0.2) is 4.98 Å². The van der Waals surface area contributed by atoms with Crippen molar-refractivity contribution in [3.63, 3.8) is 0 Å². The average Bonchev–Trinajstić information content (AvgIpc) is 2.52. The molecule has 1 aromatic rings. The Hall–Kier alpha value is -2.10. The van der Waals surface area contributed by atoms with Crippen molar-refractivity contribution < 1.29 is 14.3 Å². The number of hydrogen-bond donors (Lipinski definition) is 0. The van der Waals surface area contributed by atoms with Gasteiger partial charge in [0.1, 0.15) is 5.41 Å². The van der Waals surface area contributed by atoms with Gasteiger partial charge >= 0.3 is 5.97 Å². The molecule has 3 rings (SSSR count). The first kappa shape index (κ1) is 14.8. The molecule has 0 aromatic carbocycles. The molecule has 0 saturated heterocycles. The van der Waals surface area contributed by atoms with Crippen LogP contribution in [0.25, 0.3) is 0 Å². The Morgan fingerprint density at radius 1 is 1.36 bits per heavy atom. The topological polar surface area (TPSA) is 48.4 Å². The van der Waals surface area contributed by atoms with Crippen molar-refractivity contribution in [2.24, 2.45) is 5.92 Å². The fraction of sp³-hybridized carbons (Fsp3) is 0.444. The predicted molar refractivity (Wildman–Crippen MR) is 83.8 cm³/mol. The molecule has 2 aliphatic carbocycles. The van der Waals surface area contributed by atoms with Crippen LogP contribution in [0.15, 0.2) is 35.4 Å². The van der Waals surface area contributed by atoms with Crippen molar-refractivity contribution in [2.75, 3.05) is 14.2 Å². The zero-order chi connectivity index (χ0) is 15.9. The number of rotatable bonds is 2. The van der Waals surface area contributed by atoms with Crippen molar-refractivity contribution in [3.8, 4) is 5.88 Å². The van der Waals surface area contributed by atoms with E-state index in [1.54, 1.807) is 7.11 Å². The smallest absolute Gasteiger partial charge is 0.324 e. The van der Waals surface area contributed by atoms with Gasteiger partial charge < -0.3 is 9.47 Å². The van der Waals surface area contributed by atoms with Gasteiger partial charge in [-0.3, -0.25) is 4.79 Å². The van der Waals surface area contributed by atoms with Crippen molar-refractivity contribution in [2.45, 2.75) is 32.1 Å². The Morgan fingerprint density at radius 2 is 2.14 bits per heavy atom. The lowest BCUT2D eigenvalue weighted by Crippen LogP contribution is -2.46. The minimum absolute atomic E-state index is 0.238. The lowest BCUT2D eigenvalue weighted by molar-refractivity contribution is -0.144. The molecule has 1 heterocycles. The molecule has 0 amide bonds. The molecule has 116 valence electrons. The average molecular weight is 299 g/mol. The van der Waals surface area contributed by atoms with E-state index in [2.05, 4.69) is 24.1 Å². The monoisotopic (exact) mass is 299 g/mol. The van der Waals surface area contributed by atoms with Gasteiger partial charge in [-0.15, -0.1) is 0 Å². The number of pyridine rings is 1. The van der Waals surface area contributed by atoms with E-state index in [1.165, 1.54) is 12.7 Å². The molecule has 2 unspecified atom stereocenters. The molecule has 0 N–H and O–H groups in total. The van der Waals surface area contributed by atoms with E-state index in [9.17, 15) is 4.79 Å². The first-order chi connectivity index (χ1) is 10.6. The third-order valence-corrected chi connectivity index (χ3v) is 4.77. The number of nitrogens with zero attached hydrogens (tertiary/aromatic N) is 1. The summed E-state index contributed by atoms with van der Waals surface area (Å²) in [6.07, 6.45) is 5.90. The SMILES string of the molecule is CC=C1C2CC(C)=CC1(C(=O)OC)c1ccc(OC)nc1C2. The third kappa shape index (κ3) is 1.90. The maximum absolute atomic E-state index is 12.8. The predicted octanol–water partition coefficient (Wildman–Crippen LogP) is 2.97. The maximum atomic E-state index is 12.8. The van der Waals surface area contributed by atoms with Crippen molar-refractivity contribution in [1.29, 1.82) is 0 Å². The summed E-state index contributed by atoms with van der Waals surface area (Å²) < 4.78 is 10.4. The summed E-state index contributed by atoms with van der Waals surface area (Å²) in [5.41, 5.74) is 3.38. The number of carbonyl (C=O) groups excluding carboxylic acids is 1. The minimum Gasteiger partial charge on any atom is -0.481 e. The van der Waals surface area contributed by atoms with Gasteiger partial charge in [0.25, 0.3) is 0 Å². The second-order valence-electron chi connectivity index (χ2n) is 5.99. The molecular weight excluding hydrogens is 278 g/mol. The molecule has 22 heavy (non-hydrogen) atoms. The summed E-state index contributed by atoms with van der Waals surface area (Å²) in [4.78, 5) is 17.3. The largest absolute Gasteiger partial charge is 0.481 e. The molecule has 4 nitrogen and oxygen atoms in total. The Bertz CT molecular complexity index is 690. The fourth-order valence-electron chi connectivity index (χ4n) is 4.00. The summed E-state index contributed by atoms with van der Waals surface area (Å²) >= 11 is 0. The Labute approximate surface area is 130 Å². The molecule has 0 saturated carbocycles. The Balaban J connectivity index is 2.32. The lowest BCUT2D eigenvalue weighted by Gasteiger charge is -2.44. The highest BCUT2D eigenvalue weighted by Crippen LogP contribution is 2.51. The highest BCUT2D eigenvalue weighted by atomic mass is 16.5. The van der Waals surface area contributed by atoms with Gasteiger partial charge in [0.05, 0.1) is 19.9 Å². The molecule has 2 atom stereocenters. The van der Waals surface area contributed by atoms with Gasteiger partial charge in [-0.1, -0.05) is 23.8 Å². The van der Waals surface area contributed by atoms with E-state index in [0.717, 1.165) is 29.7 Å². The van der Waals surface area contributed by atoms with Crippen LogP contribution in [0.1, 0.15) is 31.5 Å². The highest BCUT2D eigenvalue weighted by molar-refractivity contribution is 5.92. The van der Waals surface area contributed by atoms with Crippen LogP contribution in [0.4, 0.5) is 0 Å². The number of fused-ring (bicyclic) bond motifs is 4. The van der Waals surface area contributed by atoms with E-state index >= 15 is 0 Å². The van der Waals surface area contributed by atoms with Crippen LogP contribution in [0.3, 0.4) is 0 Å². The summed E-state index contributed by atoms with van der Waals surface area (Å²) in [6, 6.07) is 3.77. The first-order valence-corrected chi connectivity index (χ1v) is 7.54. The van der Waals surface area contributed by atoms with Crippen LogP contribution in [0, 0.1) is 5.92 Å². The molecule has 0 radical (unpaired) electrons. The van der Waals surface area contributed by atoms with Gasteiger partial charge in [0.2, 0.25) is 5.88 Å². The molecule has 1 aromatic heterocycles. The standard InChI is InChI=1S/C18H21NO3/c1-5-13-12-8-11(2)10-18(13,17(20)22-4)14-6-7-16(21-3)19-15(14)9-12/h5-7,10,12H,8-9H2,1-4H3. The zero-order valence-corrected chi connectivity index (χ0v) is 13.5. The van der Waals surface area contributed by atoms with Crippen LogP contribution >= 0.6 is 0 Å². The highest BCUT2D eigenvalue weighted by Gasteiger charge is 2.52. The number of ether oxygens (including phenoxy) is 2. The van der Waals surface area contributed by atoms with Crippen LogP contribution in [0.5, 0.6) is 5.88 Å². The maximum Gasteiger partial charge on any atom is 0.324 e. The third-order valence-electron chi connectivity index (χ3n) is 4.77. The molecular formula is C18H21NO3. The minimum atomic E-state index is -0.830. The number of esters is 1. The number of aromatic nitrogens is 1. The molecule has 0 spiro atoms. The molecule has 0 aliphatic heterocycles. The first-order valence-electron chi connectivity index (χ1n) is 7.54. The van der Waals surface area contributed by atoms with Crippen LogP contribution in [0.2, 0.25) is 0 Å².